The summed E-state index contributed by atoms with van der Waals surface area (Å²) in [6.45, 7) is 4.94. The van der Waals surface area contributed by atoms with E-state index in [1.807, 2.05) is 24.3 Å². The van der Waals surface area contributed by atoms with Crippen molar-refractivity contribution >= 4 is 41.3 Å². The second kappa shape index (κ2) is 10.5. The van der Waals surface area contributed by atoms with Gasteiger partial charge in [-0.15, -0.1) is 24.0 Å². The van der Waals surface area contributed by atoms with Gasteiger partial charge in [0.05, 0.1) is 6.54 Å². The number of piperidine rings is 1. The number of nitrogens with zero attached hydrogens (tertiary/aromatic N) is 2. The SMILES string of the molecule is Cc1ccc(NC(N)=NCc2ccc(N3CCC(CO)CC3)cc2)cc1.I. The maximum Gasteiger partial charge on any atom is 0.193 e. The molecule has 1 aliphatic heterocycles. The lowest BCUT2D eigenvalue weighted by molar-refractivity contribution is 0.203. The van der Waals surface area contributed by atoms with Crippen molar-refractivity contribution < 1.29 is 5.11 Å². The van der Waals surface area contributed by atoms with E-state index in [2.05, 4.69) is 46.4 Å². The first-order valence-corrected chi connectivity index (χ1v) is 9.22. The molecule has 1 aliphatic rings. The highest BCUT2D eigenvalue weighted by molar-refractivity contribution is 14.0. The van der Waals surface area contributed by atoms with Gasteiger partial charge in [0.25, 0.3) is 0 Å². The smallest absolute Gasteiger partial charge is 0.193 e. The number of nitrogens with one attached hydrogen (secondary N) is 1. The number of guanidine groups is 1. The molecule has 0 aromatic heterocycles. The minimum Gasteiger partial charge on any atom is -0.396 e. The van der Waals surface area contributed by atoms with Crippen LogP contribution in [0.5, 0.6) is 0 Å². The van der Waals surface area contributed by atoms with Crippen molar-refractivity contribution in [3.8, 4) is 0 Å². The van der Waals surface area contributed by atoms with Gasteiger partial charge in [-0.05, 0) is 55.5 Å². The number of hydrogen-bond acceptors (Lipinski definition) is 3. The fraction of sp³-hybridized carbons (Fsp3) is 0.381. The predicted molar refractivity (Wildman–Crippen MR) is 124 cm³/mol. The molecule has 5 nitrogen and oxygen atoms in total. The molecule has 2 aromatic carbocycles. The Balaban J connectivity index is 0.00000261. The molecule has 1 heterocycles. The van der Waals surface area contributed by atoms with E-state index in [-0.39, 0.29) is 24.0 Å². The lowest BCUT2D eigenvalue weighted by atomic mass is 9.97. The van der Waals surface area contributed by atoms with Gasteiger partial charge in [-0.3, -0.25) is 0 Å². The van der Waals surface area contributed by atoms with Crippen molar-refractivity contribution in [3.05, 3.63) is 59.7 Å². The van der Waals surface area contributed by atoms with Gasteiger partial charge in [-0.25, -0.2) is 4.99 Å². The van der Waals surface area contributed by atoms with Crippen molar-refractivity contribution in [1.82, 2.24) is 0 Å². The second-order valence-corrected chi connectivity index (χ2v) is 6.97. The first kappa shape index (κ1) is 21.5. The molecule has 4 N–H and O–H groups in total. The zero-order chi connectivity index (χ0) is 18.4. The van der Waals surface area contributed by atoms with Gasteiger partial charge in [0.1, 0.15) is 0 Å². The Morgan fingerprint density at radius 3 is 2.33 bits per heavy atom. The topological polar surface area (TPSA) is 73.9 Å². The molecule has 6 heteroatoms. The van der Waals surface area contributed by atoms with Crippen LogP contribution in [0.1, 0.15) is 24.0 Å². The normalized spacial score (nSPS) is 15.3. The van der Waals surface area contributed by atoms with E-state index in [1.54, 1.807) is 0 Å². The van der Waals surface area contributed by atoms with Crippen LogP contribution in [0.15, 0.2) is 53.5 Å². The van der Waals surface area contributed by atoms with Crippen LogP contribution in [0.4, 0.5) is 11.4 Å². The first-order valence-electron chi connectivity index (χ1n) is 9.22. The number of rotatable bonds is 5. The highest BCUT2D eigenvalue weighted by Gasteiger charge is 2.18. The van der Waals surface area contributed by atoms with Crippen molar-refractivity contribution in [1.29, 1.82) is 0 Å². The number of aliphatic imine (C=N–C) groups is 1. The van der Waals surface area contributed by atoms with Gasteiger partial charge >= 0.3 is 0 Å². The molecule has 0 radical (unpaired) electrons. The molecule has 1 saturated heterocycles. The molecule has 2 aromatic rings. The van der Waals surface area contributed by atoms with Crippen molar-refractivity contribution in [2.45, 2.75) is 26.3 Å². The number of halogens is 1. The molecule has 0 saturated carbocycles. The Labute approximate surface area is 178 Å². The predicted octanol–water partition coefficient (Wildman–Crippen LogP) is 3.75. The highest BCUT2D eigenvalue weighted by Crippen LogP contribution is 2.23. The molecule has 0 unspecified atom stereocenters. The summed E-state index contributed by atoms with van der Waals surface area (Å²) in [7, 11) is 0. The van der Waals surface area contributed by atoms with Gasteiger partial charge in [0, 0.05) is 31.1 Å². The van der Waals surface area contributed by atoms with Crippen LogP contribution in [-0.4, -0.2) is 30.8 Å². The molecule has 0 bridgehead atoms. The maximum absolute atomic E-state index is 9.25. The number of hydrogen-bond donors (Lipinski definition) is 3. The number of nitrogens with two attached hydrogens (primary N) is 1. The largest absolute Gasteiger partial charge is 0.396 e. The highest BCUT2D eigenvalue weighted by atomic mass is 127. The number of benzene rings is 2. The Bertz CT molecular complexity index is 723. The Morgan fingerprint density at radius 2 is 1.74 bits per heavy atom. The van der Waals surface area contributed by atoms with Crippen LogP contribution in [-0.2, 0) is 6.54 Å². The molecule has 146 valence electrons. The van der Waals surface area contributed by atoms with Gasteiger partial charge in [-0.1, -0.05) is 29.8 Å². The monoisotopic (exact) mass is 480 g/mol. The van der Waals surface area contributed by atoms with E-state index in [1.165, 1.54) is 11.3 Å². The summed E-state index contributed by atoms with van der Waals surface area (Å²) in [5.74, 6) is 0.882. The van der Waals surface area contributed by atoms with E-state index >= 15 is 0 Å². The second-order valence-electron chi connectivity index (χ2n) is 6.97. The molecular weight excluding hydrogens is 451 g/mol. The van der Waals surface area contributed by atoms with E-state index in [9.17, 15) is 5.11 Å². The quantitative estimate of drug-likeness (QED) is 0.346. The molecule has 0 amide bonds. The minimum absolute atomic E-state index is 0. The molecule has 0 atom stereocenters. The zero-order valence-electron chi connectivity index (χ0n) is 15.8. The summed E-state index contributed by atoms with van der Waals surface area (Å²) in [5, 5.41) is 12.4. The minimum atomic E-state index is 0. The summed E-state index contributed by atoms with van der Waals surface area (Å²) >= 11 is 0. The van der Waals surface area contributed by atoms with E-state index in [4.69, 9.17) is 5.73 Å². The molecule has 27 heavy (non-hydrogen) atoms. The summed E-state index contributed by atoms with van der Waals surface area (Å²) in [6.07, 6.45) is 2.12. The standard InChI is InChI=1S/C21H28N4O.HI/c1-16-2-6-19(7-3-16)24-21(22)23-14-17-4-8-20(9-5-17)25-12-10-18(15-26)11-13-25;/h2-9,18,26H,10-15H2,1H3,(H3,22,23,24);1H. The van der Waals surface area contributed by atoms with E-state index in [0.29, 0.717) is 25.0 Å². The lowest BCUT2D eigenvalue weighted by Gasteiger charge is -2.32. The van der Waals surface area contributed by atoms with Crippen molar-refractivity contribution in [2.24, 2.45) is 16.6 Å². The third-order valence-corrected chi connectivity index (χ3v) is 4.93. The van der Waals surface area contributed by atoms with Crippen LogP contribution in [0.25, 0.3) is 0 Å². The Kier molecular flexibility index (Phi) is 8.37. The number of aryl methyl sites for hydroxylation is 1. The molecule has 0 spiro atoms. The average Bonchev–Trinajstić information content (AvgIpc) is 2.69. The van der Waals surface area contributed by atoms with Crippen LogP contribution in [0.3, 0.4) is 0 Å². The summed E-state index contributed by atoms with van der Waals surface area (Å²) in [6, 6.07) is 16.6. The number of anilines is 2. The summed E-state index contributed by atoms with van der Waals surface area (Å²) in [4.78, 5) is 6.80. The van der Waals surface area contributed by atoms with Crippen LogP contribution in [0, 0.1) is 12.8 Å². The molecule has 1 fully saturated rings. The van der Waals surface area contributed by atoms with Crippen molar-refractivity contribution in [3.63, 3.8) is 0 Å². The number of aliphatic hydroxyl groups excluding tert-OH is 1. The Hall–Kier alpha value is -1.80. The van der Waals surface area contributed by atoms with Gasteiger partial charge in [-0.2, -0.15) is 0 Å². The summed E-state index contributed by atoms with van der Waals surface area (Å²) < 4.78 is 0. The van der Waals surface area contributed by atoms with E-state index < -0.39 is 0 Å². The number of aliphatic hydroxyl groups is 1. The fourth-order valence-electron chi connectivity index (χ4n) is 3.19. The Morgan fingerprint density at radius 1 is 1.11 bits per heavy atom. The molecular formula is C21H29IN4O. The summed E-state index contributed by atoms with van der Waals surface area (Å²) in [5.41, 5.74) is 10.5. The third kappa shape index (κ3) is 6.39. The fourth-order valence-corrected chi connectivity index (χ4v) is 3.19. The average molecular weight is 480 g/mol. The molecule has 3 rings (SSSR count). The van der Waals surface area contributed by atoms with Gasteiger partial charge < -0.3 is 21.1 Å². The van der Waals surface area contributed by atoms with Crippen LogP contribution < -0.4 is 16.0 Å². The lowest BCUT2D eigenvalue weighted by Crippen LogP contribution is -2.34. The third-order valence-electron chi connectivity index (χ3n) is 4.93. The molecule has 0 aliphatic carbocycles. The van der Waals surface area contributed by atoms with Crippen LogP contribution >= 0.6 is 24.0 Å². The van der Waals surface area contributed by atoms with E-state index in [0.717, 1.165) is 37.2 Å². The van der Waals surface area contributed by atoms with Gasteiger partial charge in [0.2, 0.25) is 0 Å². The maximum atomic E-state index is 9.25. The van der Waals surface area contributed by atoms with Crippen LogP contribution in [0.2, 0.25) is 0 Å². The first-order chi connectivity index (χ1) is 12.6. The zero-order valence-corrected chi connectivity index (χ0v) is 18.1. The van der Waals surface area contributed by atoms with Gasteiger partial charge in [0.15, 0.2) is 5.96 Å². The van der Waals surface area contributed by atoms with Crippen molar-refractivity contribution in [2.75, 3.05) is 29.9 Å².